The predicted molar refractivity (Wildman–Crippen MR) is 83.5 cm³/mol. The molecule has 112 valence electrons. The van der Waals surface area contributed by atoms with Gasteiger partial charge in [0.15, 0.2) is 0 Å². The molecule has 0 radical (unpaired) electrons. The Balaban J connectivity index is 1.96. The lowest BCUT2D eigenvalue weighted by molar-refractivity contribution is 0.700. The zero-order valence-electron chi connectivity index (χ0n) is 12.0. The Morgan fingerprint density at radius 2 is 1.90 bits per heavy atom. The number of thioether (sulfide) groups is 1. The Morgan fingerprint density at radius 3 is 2.52 bits per heavy atom. The molecule has 2 atom stereocenters. The molecule has 0 aromatic carbocycles. The molecule has 2 aromatic rings. The Kier molecular flexibility index (Phi) is 3.93. The summed E-state index contributed by atoms with van der Waals surface area (Å²) in [5.41, 5.74) is 2.50. The van der Waals surface area contributed by atoms with E-state index in [4.69, 9.17) is 5.84 Å². The summed E-state index contributed by atoms with van der Waals surface area (Å²) in [5.74, 6) is 6.97. The van der Waals surface area contributed by atoms with E-state index in [-0.39, 0.29) is 0 Å². The molecule has 8 nitrogen and oxygen atoms in total. The molecule has 21 heavy (non-hydrogen) atoms. The third-order valence-corrected chi connectivity index (χ3v) is 4.41. The fourth-order valence-electron chi connectivity index (χ4n) is 2.39. The van der Waals surface area contributed by atoms with Gasteiger partial charge in [0.25, 0.3) is 0 Å². The van der Waals surface area contributed by atoms with Crippen molar-refractivity contribution < 1.29 is 0 Å². The molecule has 2 unspecified atom stereocenters. The molecule has 1 aliphatic rings. The molecule has 2 aromatic heterocycles. The van der Waals surface area contributed by atoms with Crippen LogP contribution in [0.2, 0.25) is 0 Å². The Hall–Kier alpha value is -1.87. The highest BCUT2D eigenvalue weighted by Crippen LogP contribution is 2.27. The van der Waals surface area contributed by atoms with Gasteiger partial charge in [-0.25, -0.2) is 10.8 Å². The van der Waals surface area contributed by atoms with Gasteiger partial charge in [-0.05, 0) is 0 Å². The minimum atomic E-state index is 0.349. The van der Waals surface area contributed by atoms with E-state index in [1.54, 1.807) is 23.3 Å². The smallest absolute Gasteiger partial charge is 0.243 e. The number of hydrazine groups is 1. The van der Waals surface area contributed by atoms with Crippen LogP contribution in [-0.2, 0) is 0 Å². The first-order chi connectivity index (χ1) is 10.2. The van der Waals surface area contributed by atoms with Crippen molar-refractivity contribution in [3.63, 3.8) is 0 Å². The molecular formula is C12H18N8S. The van der Waals surface area contributed by atoms with E-state index in [0.29, 0.717) is 28.3 Å². The predicted octanol–water partition coefficient (Wildman–Crippen LogP) is 0.673. The quantitative estimate of drug-likeness (QED) is 0.631. The fraction of sp³-hybridized carbons (Fsp3) is 0.500. The van der Waals surface area contributed by atoms with Crippen LogP contribution < -0.4 is 16.2 Å². The maximum absolute atomic E-state index is 5.47. The third-order valence-electron chi connectivity index (χ3n) is 3.18. The maximum atomic E-state index is 5.47. The van der Waals surface area contributed by atoms with Crippen LogP contribution in [0.5, 0.6) is 0 Å². The number of aromatic nitrogens is 5. The fourth-order valence-corrected chi connectivity index (χ4v) is 3.72. The van der Waals surface area contributed by atoms with Gasteiger partial charge in [-0.15, -0.1) is 0 Å². The number of hydrogen-bond donors (Lipinski definition) is 2. The minimum Gasteiger partial charge on any atom is -0.338 e. The van der Waals surface area contributed by atoms with Crippen LogP contribution in [0.1, 0.15) is 13.8 Å². The van der Waals surface area contributed by atoms with Gasteiger partial charge in [0.2, 0.25) is 17.8 Å². The SMILES string of the molecule is CC1CN(c2nc(NN)nc(-n3ccnc3)n2)CC(C)S1. The molecule has 3 heterocycles. The van der Waals surface area contributed by atoms with Crippen LogP contribution in [0, 0.1) is 0 Å². The summed E-state index contributed by atoms with van der Waals surface area (Å²) in [5, 5.41) is 1.08. The number of nitrogens with two attached hydrogens (primary N) is 1. The van der Waals surface area contributed by atoms with E-state index in [0.717, 1.165) is 13.1 Å². The summed E-state index contributed by atoms with van der Waals surface area (Å²) in [6.45, 7) is 6.25. The molecular weight excluding hydrogens is 288 g/mol. The van der Waals surface area contributed by atoms with Gasteiger partial charge >= 0.3 is 0 Å². The van der Waals surface area contributed by atoms with Crippen molar-refractivity contribution in [1.29, 1.82) is 0 Å². The van der Waals surface area contributed by atoms with E-state index < -0.39 is 0 Å². The number of hydrogen-bond acceptors (Lipinski definition) is 8. The highest BCUT2D eigenvalue weighted by molar-refractivity contribution is 8.00. The van der Waals surface area contributed by atoms with Gasteiger partial charge < -0.3 is 4.90 Å². The summed E-state index contributed by atoms with van der Waals surface area (Å²) < 4.78 is 1.73. The molecule has 9 heteroatoms. The summed E-state index contributed by atoms with van der Waals surface area (Å²) in [7, 11) is 0. The van der Waals surface area contributed by atoms with Gasteiger partial charge in [-0.1, -0.05) is 13.8 Å². The van der Waals surface area contributed by atoms with E-state index >= 15 is 0 Å². The van der Waals surface area contributed by atoms with Crippen molar-refractivity contribution >= 4 is 23.7 Å². The number of nitrogen functional groups attached to an aromatic ring is 1. The third kappa shape index (κ3) is 3.08. The van der Waals surface area contributed by atoms with Crippen LogP contribution in [0.25, 0.3) is 5.95 Å². The zero-order chi connectivity index (χ0) is 14.8. The molecule has 3 rings (SSSR count). The number of anilines is 2. The van der Waals surface area contributed by atoms with E-state index in [2.05, 4.69) is 44.1 Å². The van der Waals surface area contributed by atoms with Crippen LogP contribution in [-0.4, -0.2) is 48.1 Å². The Bertz CT molecular complexity index is 591. The lowest BCUT2D eigenvalue weighted by atomic mass is 10.3. The summed E-state index contributed by atoms with van der Waals surface area (Å²) in [6, 6.07) is 0. The molecule has 1 aliphatic heterocycles. The van der Waals surface area contributed by atoms with Crippen LogP contribution >= 0.6 is 11.8 Å². The van der Waals surface area contributed by atoms with Gasteiger partial charge in [-0.2, -0.15) is 26.7 Å². The summed E-state index contributed by atoms with van der Waals surface area (Å²) in [6.07, 6.45) is 5.12. The molecule has 3 N–H and O–H groups in total. The molecule has 0 amide bonds. The number of nitrogens with zero attached hydrogens (tertiary/aromatic N) is 6. The summed E-state index contributed by atoms with van der Waals surface area (Å²) in [4.78, 5) is 19.4. The number of imidazole rings is 1. The van der Waals surface area contributed by atoms with E-state index in [1.807, 2.05) is 11.8 Å². The Morgan fingerprint density at radius 1 is 1.19 bits per heavy atom. The normalized spacial score (nSPS) is 22.3. The second-order valence-corrected chi connectivity index (χ2v) is 6.92. The average molecular weight is 306 g/mol. The van der Waals surface area contributed by atoms with Crippen molar-refractivity contribution in [2.75, 3.05) is 23.4 Å². The topological polar surface area (TPSA) is 97.8 Å². The first-order valence-electron chi connectivity index (χ1n) is 6.77. The van der Waals surface area contributed by atoms with Crippen molar-refractivity contribution in [3.8, 4) is 5.95 Å². The molecule has 0 spiro atoms. The highest BCUT2D eigenvalue weighted by Gasteiger charge is 2.25. The molecule has 1 fully saturated rings. The standard InChI is InChI=1S/C12H18N8S/c1-8-5-20(6-9(2)21-8)12-16-10(18-13)15-11(17-12)19-4-3-14-7-19/h3-4,7-9H,5-6,13H2,1-2H3,(H,15,16,17,18). The zero-order valence-corrected chi connectivity index (χ0v) is 12.8. The van der Waals surface area contributed by atoms with Crippen molar-refractivity contribution in [1.82, 2.24) is 24.5 Å². The van der Waals surface area contributed by atoms with Crippen molar-refractivity contribution in [2.24, 2.45) is 5.84 Å². The molecule has 0 aliphatic carbocycles. The highest BCUT2D eigenvalue weighted by atomic mass is 32.2. The minimum absolute atomic E-state index is 0.349. The molecule has 0 bridgehead atoms. The first kappa shape index (κ1) is 14.1. The molecule has 1 saturated heterocycles. The van der Waals surface area contributed by atoms with Crippen molar-refractivity contribution in [2.45, 2.75) is 24.3 Å². The Labute approximate surface area is 127 Å². The van der Waals surface area contributed by atoms with Gasteiger partial charge in [-0.3, -0.25) is 9.99 Å². The van der Waals surface area contributed by atoms with Gasteiger partial charge in [0.1, 0.15) is 6.33 Å². The lowest BCUT2D eigenvalue weighted by Gasteiger charge is -2.34. The number of nitrogens with one attached hydrogen (secondary N) is 1. The lowest BCUT2D eigenvalue weighted by Crippen LogP contribution is -2.41. The largest absolute Gasteiger partial charge is 0.338 e. The van der Waals surface area contributed by atoms with E-state index in [1.165, 1.54) is 0 Å². The second-order valence-electron chi connectivity index (χ2n) is 5.04. The van der Waals surface area contributed by atoms with E-state index in [9.17, 15) is 0 Å². The maximum Gasteiger partial charge on any atom is 0.243 e. The average Bonchev–Trinajstić information content (AvgIpc) is 3.00. The van der Waals surface area contributed by atoms with Crippen LogP contribution in [0.15, 0.2) is 18.7 Å². The van der Waals surface area contributed by atoms with Crippen molar-refractivity contribution in [3.05, 3.63) is 18.7 Å². The van der Waals surface area contributed by atoms with Crippen LogP contribution in [0.3, 0.4) is 0 Å². The van der Waals surface area contributed by atoms with Gasteiger partial charge in [0.05, 0.1) is 0 Å². The first-order valence-corrected chi connectivity index (χ1v) is 7.71. The van der Waals surface area contributed by atoms with Crippen LogP contribution in [0.4, 0.5) is 11.9 Å². The second kappa shape index (κ2) is 5.86. The number of rotatable bonds is 3. The monoisotopic (exact) mass is 306 g/mol. The molecule has 0 saturated carbocycles. The summed E-state index contributed by atoms with van der Waals surface area (Å²) >= 11 is 1.98. The van der Waals surface area contributed by atoms with Gasteiger partial charge in [0, 0.05) is 36.0 Å².